The summed E-state index contributed by atoms with van der Waals surface area (Å²) in [5.74, 6) is -0.372. The molecular weight excluding hydrogens is 308 g/mol. The average molecular weight is 330 g/mol. The highest BCUT2D eigenvalue weighted by atomic mass is 32.2. The van der Waals surface area contributed by atoms with Gasteiger partial charge in [-0.05, 0) is 6.07 Å². The maximum Gasteiger partial charge on any atom is 0.222 e. The lowest BCUT2D eigenvalue weighted by molar-refractivity contribution is -0.122. The minimum Gasteiger partial charge on any atom is -0.379 e. The number of rotatable bonds is 7. The molecule has 2 atom stereocenters. The predicted octanol–water partition coefficient (Wildman–Crippen LogP) is -0.704. The van der Waals surface area contributed by atoms with Crippen LogP contribution in [-0.4, -0.2) is 67.5 Å². The SMILES string of the molecule is CN(C)S(=O)(=O)C[C@@H]1COC[C@@H]1NC(=O)CCn1cccn1. The molecular formula is C13H22N4O4S. The van der Waals surface area contributed by atoms with Crippen LogP contribution >= 0.6 is 0 Å². The van der Waals surface area contributed by atoms with Gasteiger partial charge in [0.1, 0.15) is 0 Å². The molecule has 1 aromatic rings. The molecule has 1 aliphatic heterocycles. The van der Waals surface area contributed by atoms with Gasteiger partial charge < -0.3 is 10.1 Å². The molecule has 1 amide bonds. The summed E-state index contributed by atoms with van der Waals surface area (Å²) in [7, 11) is -0.305. The van der Waals surface area contributed by atoms with Crippen molar-refractivity contribution in [1.82, 2.24) is 19.4 Å². The first-order valence-corrected chi connectivity index (χ1v) is 8.74. The third-order valence-electron chi connectivity index (χ3n) is 3.65. The fraction of sp³-hybridized carbons (Fsp3) is 0.692. The van der Waals surface area contributed by atoms with Crippen molar-refractivity contribution in [3.8, 4) is 0 Å². The summed E-state index contributed by atoms with van der Waals surface area (Å²) in [6.45, 7) is 1.19. The second-order valence-corrected chi connectivity index (χ2v) is 7.78. The number of hydrogen-bond acceptors (Lipinski definition) is 5. The fourth-order valence-electron chi connectivity index (χ4n) is 2.27. The van der Waals surface area contributed by atoms with Gasteiger partial charge in [0.15, 0.2) is 0 Å². The Kier molecular flexibility index (Phi) is 5.54. The number of aromatic nitrogens is 2. The number of carbonyl (C=O) groups is 1. The van der Waals surface area contributed by atoms with E-state index in [1.54, 1.807) is 23.1 Å². The maximum absolute atomic E-state index is 12.0. The Bertz CT molecular complexity index is 585. The van der Waals surface area contributed by atoms with E-state index >= 15 is 0 Å². The molecule has 1 aliphatic rings. The Hall–Kier alpha value is -1.45. The van der Waals surface area contributed by atoms with Crippen molar-refractivity contribution < 1.29 is 17.9 Å². The topological polar surface area (TPSA) is 93.5 Å². The zero-order chi connectivity index (χ0) is 16.2. The third kappa shape index (κ3) is 4.52. The van der Waals surface area contributed by atoms with E-state index in [1.807, 2.05) is 0 Å². The van der Waals surface area contributed by atoms with Crippen LogP contribution < -0.4 is 5.32 Å². The van der Waals surface area contributed by atoms with E-state index in [9.17, 15) is 13.2 Å². The molecule has 8 nitrogen and oxygen atoms in total. The molecule has 0 saturated carbocycles. The Balaban J connectivity index is 1.84. The summed E-state index contributed by atoms with van der Waals surface area (Å²) in [6, 6.07) is 1.53. The van der Waals surface area contributed by atoms with Gasteiger partial charge in [0, 0.05) is 45.4 Å². The Labute approximate surface area is 130 Å². The first kappa shape index (κ1) is 16.9. The zero-order valence-corrected chi connectivity index (χ0v) is 13.6. The molecule has 0 bridgehead atoms. The van der Waals surface area contributed by atoms with Crippen molar-refractivity contribution in [2.75, 3.05) is 33.1 Å². The zero-order valence-electron chi connectivity index (χ0n) is 12.8. The molecule has 2 rings (SSSR count). The molecule has 0 spiro atoms. The van der Waals surface area contributed by atoms with Crippen LogP contribution in [-0.2, 0) is 26.1 Å². The molecule has 124 valence electrons. The molecule has 0 unspecified atom stereocenters. The summed E-state index contributed by atoms with van der Waals surface area (Å²) in [5.41, 5.74) is 0. The summed E-state index contributed by atoms with van der Waals surface area (Å²) in [5, 5.41) is 6.89. The van der Waals surface area contributed by atoms with Crippen molar-refractivity contribution in [3.63, 3.8) is 0 Å². The average Bonchev–Trinajstić information content (AvgIpc) is 3.08. The van der Waals surface area contributed by atoms with Gasteiger partial charge in [0.05, 0.1) is 25.0 Å². The second kappa shape index (κ2) is 7.21. The smallest absolute Gasteiger partial charge is 0.222 e. The van der Waals surface area contributed by atoms with Crippen molar-refractivity contribution in [2.24, 2.45) is 5.92 Å². The number of ether oxygens (including phenoxy) is 1. The van der Waals surface area contributed by atoms with Gasteiger partial charge in [0.25, 0.3) is 0 Å². The van der Waals surface area contributed by atoms with Crippen LogP contribution in [0, 0.1) is 5.92 Å². The van der Waals surface area contributed by atoms with Gasteiger partial charge in [0.2, 0.25) is 15.9 Å². The number of nitrogens with one attached hydrogen (secondary N) is 1. The number of sulfonamides is 1. The standard InChI is InChI=1S/C13H22N4O4S/c1-16(2)22(19,20)10-11-8-21-9-12(11)15-13(18)4-7-17-6-3-5-14-17/h3,5-6,11-12H,4,7-10H2,1-2H3,(H,15,18)/t11-,12-/m0/s1. The monoisotopic (exact) mass is 330 g/mol. The summed E-state index contributed by atoms with van der Waals surface area (Å²) in [4.78, 5) is 12.0. The van der Waals surface area contributed by atoms with E-state index in [4.69, 9.17) is 4.74 Å². The van der Waals surface area contributed by atoms with Crippen LogP contribution in [0.5, 0.6) is 0 Å². The Morgan fingerprint density at radius 1 is 1.45 bits per heavy atom. The van der Waals surface area contributed by atoms with Crippen molar-refractivity contribution in [2.45, 2.75) is 19.0 Å². The highest BCUT2D eigenvalue weighted by molar-refractivity contribution is 7.89. The van der Waals surface area contributed by atoms with Crippen LogP contribution in [0.2, 0.25) is 0 Å². The van der Waals surface area contributed by atoms with Crippen molar-refractivity contribution in [3.05, 3.63) is 18.5 Å². The van der Waals surface area contributed by atoms with E-state index < -0.39 is 10.0 Å². The molecule has 9 heteroatoms. The minimum atomic E-state index is -3.31. The first-order chi connectivity index (χ1) is 10.4. The molecule has 1 N–H and O–H groups in total. The van der Waals surface area contributed by atoms with Gasteiger partial charge in [-0.15, -0.1) is 0 Å². The number of carbonyl (C=O) groups excluding carboxylic acids is 1. The molecule has 0 aliphatic carbocycles. The fourth-order valence-corrected chi connectivity index (χ4v) is 3.44. The minimum absolute atomic E-state index is 0.0237. The van der Waals surface area contributed by atoms with Crippen LogP contribution in [0.1, 0.15) is 6.42 Å². The van der Waals surface area contributed by atoms with E-state index in [2.05, 4.69) is 10.4 Å². The number of hydrogen-bond donors (Lipinski definition) is 1. The first-order valence-electron chi connectivity index (χ1n) is 7.13. The molecule has 1 saturated heterocycles. The lowest BCUT2D eigenvalue weighted by Crippen LogP contribution is -2.43. The molecule has 0 aromatic carbocycles. The summed E-state index contributed by atoms with van der Waals surface area (Å²) < 4.78 is 32.1. The quantitative estimate of drug-likeness (QED) is 0.713. The van der Waals surface area contributed by atoms with Gasteiger partial charge in [-0.3, -0.25) is 9.48 Å². The summed E-state index contributed by atoms with van der Waals surface area (Å²) >= 11 is 0. The number of aryl methyl sites for hydroxylation is 1. The van der Waals surface area contributed by atoms with Gasteiger partial charge >= 0.3 is 0 Å². The molecule has 1 fully saturated rings. The third-order valence-corrected chi connectivity index (χ3v) is 5.62. The second-order valence-electron chi connectivity index (χ2n) is 5.55. The van der Waals surface area contributed by atoms with Crippen LogP contribution in [0.3, 0.4) is 0 Å². The van der Waals surface area contributed by atoms with Crippen LogP contribution in [0.25, 0.3) is 0 Å². The highest BCUT2D eigenvalue weighted by Gasteiger charge is 2.33. The van der Waals surface area contributed by atoms with Gasteiger partial charge in [-0.1, -0.05) is 0 Å². The molecule has 22 heavy (non-hydrogen) atoms. The number of nitrogens with zero attached hydrogens (tertiary/aromatic N) is 3. The highest BCUT2D eigenvalue weighted by Crippen LogP contribution is 2.17. The van der Waals surface area contributed by atoms with Gasteiger partial charge in [-0.2, -0.15) is 5.10 Å². The van der Waals surface area contributed by atoms with Gasteiger partial charge in [-0.25, -0.2) is 12.7 Å². The van der Waals surface area contributed by atoms with E-state index in [0.717, 1.165) is 0 Å². The van der Waals surface area contributed by atoms with E-state index in [1.165, 1.54) is 18.4 Å². The van der Waals surface area contributed by atoms with Crippen molar-refractivity contribution in [1.29, 1.82) is 0 Å². The molecule has 2 heterocycles. The maximum atomic E-state index is 12.0. The number of amides is 1. The Morgan fingerprint density at radius 2 is 2.23 bits per heavy atom. The van der Waals surface area contributed by atoms with E-state index in [0.29, 0.717) is 26.2 Å². The van der Waals surface area contributed by atoms with Crippen LogP contribution in [0.4, 0.5) is 0 Å². The summed E-state index contributed by atoms with van der Waals surface area (Å²) in [6.07, 6.45) is 3.74. The lowest BCUT2D eigenvalue weighted by atomic mass is 10.1. The largest absolute Gasteiger partial charge is 0.379 e. The molecule has 1 aromatic heterocycles. The normalized spacial score (nSPS) is 22.1. The van der Waals surface area contributed by atoms with Crippen molar-refractivity contribution >= 4 is 15.9 Å². The van der Waals surface area contributed by atoms with Crippen LogP contribution in [0.15, 0.2) is 18.5 Å². The lowest BCUT2D eigenvalue weighted by Gasteiger charge is -2.21. The Morgan fingerprint density at radius 3 is 2.86 bits per heavy atom. The predicted molar refractivity (Wildman–Crippen MR) is 80.6 cm³/mol. The van der Waals surface area contributed by atoms with E-state index in [-0.39, 0.29) is 23.6 Å². The molecule has 0 radical (unpaired) electrons.